The number of carbonyl (C=O) groups is 2. The van der Waals surface area contributed by atoms with E-state index >= 15 is 0 Å². The lowest BCUT2D eigenvalue weighted by atomic mass is 10.1. The molecule has 1 N–H and O–H groups in total. The molecule has 4 nitrogen and oxygen atoms in total. The van der Waals surface area contributed by atoms with E-state index in [1.807, 2.05) is 54.6 Å². The lowest BCUT2D eigenvalue weighted by Gasteiger charge is -2.21. The number of benzene rings is 3. The fourth-order valence-electron chi connectivity index (χ4n) is 2.76. The normalized spacial score (nSPS) is 10.3. The first-order chi connectivity index (χ1) is 13.1. The van der Waals surface area contributed by atoms with E-state index in [1.165, 1.54) is 4.90 Å². The van der Waals surface area contributed by atoms with Crippen LogP contribution in [-0.2, 0) is 6.54 Å². The van der Waals surface area contributed by atoms with Gasteiger partial charge in [0.05, 0.1) is 16.8 Å². The molecule has 0 saturated carbocycles. The fourth-order valence-corrected chi connectivity index (χ4v) is 3.37. The number of hydrogen-bond acceptors (Lipinski definition) is 2. The Kier molecular flexibility index (Phi) is 6.24. The Balaban J connectivity index is 1.81. The van der Waals surface area contributed by atoms with Crippen LogP contribution in [0.3, 0.4) is 0 Å². The third kappa shape index (κ3) is 4.54. The molecule has 0 fully saturated rings. The molecule has 3 rings (SSSR count). The first-order valence-electron chi connectivity index (χ1n) is 8.51. The predicted octanol–water partition coefficient (Wildman–Crippen LogP) is 4.50. The first-order valence-corrected chi connectivity index (χ1v) is 9.59. The molecule has 3 aromatic rings. The zero-order chi connectivity index (χ0) is 19.2. The van der Waals surface area contributed by atoms with Crippen LogP contribution in [0, 0.1) is 3.57 Å². The molecule has 0 saturated heterocycles. The lowest BCUT2D eigenvalue weighted by molar-refractivity contribution is 0.0951. The summed E-state index contributed by atoms with van der Waals surface area (Å²) in [4.78, 5) is 27.2. The van der Waals surface area contributed by atoms with Crippen molar-refractivity contribution in [1.29, 1.82) is 0 Å². The van der Waals surface area contributed by atoms with Crippen LogP contribution in [0.1, 0.15) is 26.3 Å². The van der Waals surface area contributed by atoms with E-state index in [0.29, 0.717) is 23.4 Å². The molecule has 0 spiro atoms. The summed E-state index contributed by atoms with van der Waals surface area (Å²) in [6, 6.07) is 24.3. The standard InChI is InChI=1S/C22H19IN2O2/c1-25(22(27)17-11-5-7-13-19(17)23)20-14-8-6-12-18(20)21(26)24-15-16-9-3-2-4-10-16/h2-14H,15H2,1H3,(H,24,26). The maximum atomic E-state index is 12.9. The summed E-state index contributed by atoms with van der Waals surface area (Å²) in [5, 5.41) is 2.92. The van der Waals surface area contributed by atoms with Crippen molar-refractivity contribution in [3.8, 4) is 0 Å². The minimum Gasteiger partial charge on any atom is -0.348 e. The molecule has 136 valence electrons. The van der Waals surface area contributed by atoms with Gasteiger partial charge < -0.3 is 10.2 Å². The van der Waals surface area contributed by atoms with Crippen LogP contribution in [0.15, 0.2) is 78.9 Å². The van der Waals surface area contributed by atoms with Crippen molar-refractivity contribution in [3.05, 3.63) is 99.1 Å². The van der Waals surface area contributed by atoms with Crippen molar-refractivity contribution in [1.82, 2.24) is 5.32 Å². The average molecular weight is 470 g/mol. The van der Waals surface area contributed by atoms with Crippen LogP contribution >= 0.6 is 22.6 Å². The predicted molar refractivity (Wildman–Crippen MR) is 116 cm³/mol. The summed E-state index contributed by atoms with van der Waals surface area (Å²) in [6.07, 6.45) is 0. The molecule has 3 aromatic carbocycles. The van der Waals surface area contributed by atoms with Crippen molar-refractivity contribution in [2.75, 3.05) is 11.9 Å². The van der Waals surface area contributed by atoms with Crippen molar-refractivity contribution >= 4 is 40.1 Å². The average Bonchev–Trinajstić information content (AvgIpc) is 2.72. The molecule has 0 heterocycles. The molecular formula is C22H19IN2O2. The van der Waals surface area contributed by atoms with Gasteiger partial charge in [-0.15, -0.1) is 0 Å². The third-order valence-corrected chi connectivity index (χ3v) is 5.16. The van der Waals surface area contributed by atoms with Crippen molar-refractivity contribution < 1.29 is 9.59 Å². The van der Waals surface area contributed by atoms with E-state index < -0.39 is 0 Å². The van der Waals surface area contributed by atoms with Gasteiger partial charge in [0, 0.05) is 17.2 Å². The van der Waals surface area contributed by atoms with Gasteiger partial charge in [-0.2, -0.15) is 0 Å². The fraction of sp³-hybridized carbons (Fsp3) is 0.0909. The number of nitrogens with zero attached hydrogens (tertiary/aromatic N) is 1. The molecule has 0 aliphatic heterocycles. The second-order valence-corrected chi connectivity index (χ2v) is 7.19. The SMILES string of the molecule is CN(C(=O)c1ccccc1I)c1ccccc1C(=O)NCc1ccccc1. The lowest BCUT2D eigenvalue weighted by Crippen LogP contribution is -2.31. The maximum absolute atomic E-state index is 12.9. The van der Waals surface area contributed by atoms with Gasteiger partial charge in [-0.3, -0.25) is 9.59 Å². The molecule has 0 aliphatic rings. The summed E-state index contributed by atoms with van der Waals surface area (Å²) in [5.41, 5.74) is 2.68. The highest BCUT2D eigenvalue weighted by Gasteiger charge is 2.20. The molecule has 0 atom stereocenters. The van der Waals surface area contributed by atoms with Gasteiger partial charge in [-0.1, -0.05) is 54.6 Å². The molecule has 0 unspecified atom stereocenters. The number of rotatable bonds is 5. The smallest absolute Gasteiger partial charge is 0.259 e. The van der Waals surface area contributed by atoms with Crippen LogP contribution in [0.5, 0.6) is 0 Å². The van der Waals surface area contributed by atoms with Gasteiger partial charge in [0.1, 0.15) is 0 Å². The molecule has 27 heavy (non-hydrogen) atoms. The van der Waals surface area contributed by atoms with Gasteiger partial charge in [0.15, 0.2) is 0 Å². The molecule has 0 aromatic heterocycles. The number of para-hydroxylation sites is 1. The Bertz CT molecular complexity index is 957. The van der Waals surface area contributed by atoms with Gasteiger partial charge >= 0.3 is 0 Å². The number of nitrogens with one attached hydrogen (secondary N) is 1. The Morgan fingerprint density at radius 1 is 0.852 bits per heavy atom. The number of anilines is 1. The monoisotopic (exact) mass is 470 g/mol. The van der Waals surface area contributed by atoms with Gasteiger partial charge in [-0.25, -0.2) is 0 Å². The van der Waals surface area contributed by atoms with Gasteiger partial charge in [-0.05, 0) is 52.4 Å². The number of hydrogen-bond donors (Lipinski definition) is 1. The summed E-state index contributed by atoms with van der Waals surface area (Å²) in [5.74, 6) is -0.361. The summed E-state index contributed by atoms with van der Waals surface area (Å²) < 4.78 is 0.873. The maximum Gasteiger partial charge on any atom is 0.259 e. The largest absolute Gasteiger partial charge is 0.348 e. The van der Waals surface area contributed by atoms with Gasteiger partial charge in [0.25, 0.3) is 11.8 Å². The van der Waals surface area contributed by atoms with E-state index in [-0.39, 0.29) is 11.8 Å². The minimum absolute atomic E-state index is 0.150. The number of halogens is 1. The van der Waals surface area contributed by atoms with Crippen LogP contribution < -0.4 is 10.2 Å². The van der Waals surface area contributed by atoms with E-state index in [4.69, 9.17) is 0 Å². The Hall–Kier alpha value is -2.67. The first kappa shape index (κ1) is 19.1. The van der Waals surface area contributed by atoms with Crippen molar-refractivity contribution in [2.45, 2.75) is 6.54 Å². The Morgan fingerprint density at radius 2 is 1.44 bits per heavy atom. The highest BCUT2D eigenvalue weighted by molar-refractivity contribution is 14.1. The summed E-state index contributed by atoms with van der Waals surface area (Å²) in [7, 11) is 1.69. The van der Waals surface area contributed by atoms with E-state index in [0.717, 1.165) is 9.13 Å². The van der Waals surface area contributed by atoms with Crippen molar-refractivity contribution in [3.63, 3.8) is 0 Å². The van der Waals surface area contributed by atoms with Gasteiger partial charge in [0.2, 0.25) is 0 Å². The zero-order valence-corrected chi connectivity index (χ0v) is 17.0. The quantitative estimate of drug-likeness (QED) is 0.559. The highest BCUT2D eigenvalue weighted by atomic mass is 127. The summed E-state index contributed by atoms with van der Waals surface area (Å²) in [6.45, 7) is 0.433. The summed E-state index contributed by atoms with van der Waals surface area (Å²) >= 11 is 2.14. The molecule has 0 bridgehead atoms. The molecule has 0 aliphatic carbocycles. The second kappa shape index (κ2) is 8.81. The molecular weight excluding hydrogens is 451 g/mol. The topological polar surface area (TPSA) is 49.4 Å². The molecule has 5 heteroatoms. The Labute approximate surface area is 172 Å². The minimum atomic E-state index is -0.211. The van der Waals surface area contributed by atoms with E-state index in [2.05, 4.69) is 27.9 Å². The van der Waals surface area contributed by atoms with Crippen LogP contribution in [0.4, 0.5) is 5.69 Å². The number of carbonyl (C=O) groups excluding carboxylic acids is 2. The third-order valence-electron chi connectivity index (χ3n) is 4.21. The highest BCUT2D eigenvalue weighted by Crippen LogP contribution is 2.23. The van der Waals surface area contributed by atoms with Crippen LogP contribution in [0.25, 0.3) is 0 Å². The number of amides is 2. The van der Waals surface area contributed by atoms with Crippen LogP contribution in [0.2, 0.25) is 0 Å². The zero-order valence-electron chi connectivity index (χ0n) is 14.9. The Morgan fingerprint density at radius 3 is 2.15 bits per heavy atom. The van der Waals surface area contributed by atoms with E-state index in [9.17, 15) is 9.59 Å². The second-order valence-electron chi connectivity index (χ2n) is 6.03. The molecule has 0 radical (unpaired) electrons. The van der Waals surface area contributed by atoms with Crippen molar-refractivity contribution in [2.24, 2.45) is 0 Å². The molecule has 2 amide bonds. The van der Waals surface area contributed by atoms with Crippen LogP contribution in [-0.4, -0.2) is 18.9 Å². The van der Waals surface area contributed by atoms with E-state index in [1.54, 1.807) is 31.3 Å².